The maximum atomic E-state index is 10.8. The van der Waals surface area contributed by atoms with E-state index in [1.807, 2.05) is 0 Å². The van der Waals surface area contributed by atoms with E-state index in [1.165, 1.54) is 31.8 Å². The van der Waals surface area contributed by atoms with Crippen LogP contribution in [0.25, 0.3) is 0 Å². The average Bonchev–Trinajstić information content (AvgIpc) is 2.35. The molecule has 0 aliphatic heterocycles. The van der Waals surface area contributed by atoms with Gasteiger partial charge in [0.15, 0.2) is 0 Å². The van der Waals surface area contributed by atoms with E-state index in [2.05, 4.69) is 13.5 Å². The third-order valence-electron chi connectivity index (χ3n) is 3.27. The molecule has 1 saturated carbocycles. The molecular formula is C14H24O3. The Morgan fingerprint density at radius 2 is 1.88 bits per heavy atom. The standard InChI is InChI=1S/C14H24O3/c1-3-14(15)17-11-5-4-10-16-13-8-6-12(2)7-9-13/h3,12-13H,1,4-11H2,2H3. The molecule has 0 N–H and O–H groups in total. The Morgan fingerprint density at radius 3 is 2.53 bits per heavy atom. The minimum absolute atomic E-state index is 0.341. The number of unbranched alkanes of at least 4 members (excludes halogenated alkanes) is 1. The van der Waals surface area contributed by atoms with E-state index in [0.29, 0.717) is 12.7 Å². The topological polar surface area (TPSA) is 35.5 Å². The van der Waals surface area contributed by atoms with Crippen molar-refractivity contribution in [3.63, 3.8) is 0 Å². The van der Waals surface area contributed by atoms with E-state index in [9.17, 15) is 4.79 Å². The molecule has 1 rings (SSSR count). The molecule has 0 atom stereocenters. The smallest absolute Gasteiger partial charge is 0.330 e. The highest BCUT2D eigenvalue weighted by Crippen LogP contribution is 2.25. The van der Waals surface area contributed by atoms with E-state index in [-0.39, 0.29) is 5.97 Å². The van der Waals surface area contributed by atoms with Crippen LogP contribution in [0.15, 0.2) is 12.7 Å². The van der Waals surface area contributed by atoms with Crippen LogP contribution in [0, 0.1) is 5.92 Å². The zero-order chi connectivity index (χ0) is 12.5. The monoisotopic (exact) mass is 240 g/mol. The number of carbonyl (C=O) groups is 1. The van der Waals surface area contributed by atoms with Gasteiger partial charge in [0.05, 0.1) is 12.7 Å². The second kappa shape index (κ2) is 8.29. The maximum Gasteiger partial charge on any atom is 0.330 e. The Balaban J connectivity index is 1.90. The Morgan fingerprint density at radius 1 is 1.24 bits per heavy atom. The van der Waals surface area contributed by atoms with Gasteiger partial charge in [-0.05, 0) is 44.4 Å². The zero-order valence-electron chi connectivity index (χ0n) is 10.8. The Hall–Kier alpha value is -0.830. The average molecular weight is 240 g/mol. The number of esters is 1. The van der Waals surface area contributed by atoms with Crippen LogP contribution in [-0.4, -0.2) is 25.3 Å². The van der Waals surface area contributed by atoms with Crippen LogP contribution in [0.1, 0.15) is 45.4 Å². The number of hydrogen-bond donors (Lipinski definition) is 0. The zero-order valence-corrected chi connectivity index (χ0v) is 10.8. The summed E-state index contributed by atoms with van der Waals surface area (Å²) in [6.45, 7) is 6.90. The number of hydrogen-bond acceptors (Lipinski definition) is 3. The molecule has 3 heteroatoms. The molecule has 1 aliphatic carbocycles. The van der Waals surface area contributed by atoms with E-state index < -0.39 is 0 Å². The Kier molecular flexibility index (Phi) is 6.94. The van der Waals surface area contributed by atoms with Gasteiger partial charge in [0, 0.05) is 12.7 Å². The molecule has 3 nitrogen and oxygen atoms in total. The molecule has 0 aromatic rings. The molecule has 0 aromatic carbocycles. The molecule has 17 heavy (non-hydrogen) atoms. The van der Waals surface area contributed by atoms with Crippen LogP contribution >= 0.6 is 0 Å². The van der Waals surface area contributed by atoms with Gasteiger partial charge in [-0.2, -0.15) is 0 Å². The molecule has 0 bridgehead atoms. The highest BCUT2D eigenvalue weighted by molar-refractivity contribution is 5.81. The van der Waals surface area contributed by atoms with Crippen molar-refractivity contribution in [2.75, 3.05) is 13.2 Å². The summed E-state index contributed by atoms with van der Waals surface area (Å²) >= 11 is 0. The van der Waals surface area contributed by atoms with Crippen molar-refractivity contribution in [2.24, 2.45) is 5.92 Å². The summed E-state index contributed by atoms with van der Waals surface area (Å²) in [6, 6.07) is 0. The SMILES string of the molecule is C=CC(=O)OCCCCOC1CCC(C)CC1. The quantitative estimate of drug-likeness (QED) is 0.390. The van der Waals surface area contributed by atoms with Gasteiger partial charge in [0.2, 0.25) is 0 Å². The van der Waals surface area contributed by atoms with Crippen molar-refractivity contribution in [3.05, 3.63) is 12.7 Å². The first-order valence-electron chi connectivity index (χ1n) is 6.63. The molecular weight excluding hydrogens is 216 g/mol. The second-order valence-corrected chi connectivity index (χ2v) is 4.83. The summed E-state index contributed by atoms with van der Waals surface area (Å²) < 4.78 is 10.7. The van der Waals surface area contributed by atoms with Crippen LogP contribution in [0.5, 0.6) is 0 Å². The van der Waals surface area contributed by atoms with Crippen molar-refractivity contribution < 1.29 is 14.3 Å². The highest BCUT2D eigenvalue weighted by atomic mass is 16.5. The van der Waals surface area contributed by atoms with Gasteiger partial charge < -0.3 is 9.47 Å². The molecule has 98 valence electrons. The predicted octanol–water partition coefficient (Wildman–Crippen LogP) is 3.09. The minimum Gasteiger partial charge on any atom is -0.463 e. The summed E-state index contributed by atoms with van der Waals surface area (Å²) in [7, 11) is 0. The lowest BCUT2D eigenvalue weighted by Crippen LogP contribution is -2.21. The Bertz CT molecular complexity index is 230. The Labute approximate surface area is 104 Å². The van der Waals surface area contributed by atoms with Crippen molar-refractivity contribution in [2.45, 2.75) is 51.6 Å². The fourth-order valence-corrected chi connectivity index (χ4v) is 2.08. The van der Waals surface area contributed by atoms with Crippen LogP contribution in [0.4, 0.5) is 0 Å². The van der Waals surface area contributed by atoms with Crippen LogP contribution < -0.4 is 0 Å². The van der Waals surface area contributed by atoms with Crippen LogP contribution in [0.2, 0.25) is 0 Å². The summed E-state index contributed by atoms with van der Waals surface area (Å²) in [4.78, 5) is 10.8. The molecule has 0 amide bonds. The normalized spacial score (nSPS) is 24.3. The van der Waals surface area contributed by atoms with Crippen LogP contribution in [-0.2, 0) is 14.3 Å². The molecule has 0 heterocycles. The lowest BCUT2D eigenvalue weighted by atomic mass is 9.89. The lowest BCUT2D eigenvalue weighted by Gasteiger charge is -2.26. The number of carbonyl (C=O) groups excluding carboxylic acids is 1. The van der Waals surface area contributed by atoms with E-state index in [4.69, 9.17) is 9.47 Å². The molecule has 0 spiro atoms. The van der Waals surface area contributed by atoms with Gasteiger partial charge >= 0.3 is 5.97 Å². The number of rotatable bonds is 7. The first kappa shape index (κ1) is 14.2. The van der Waals surface area contributed by atoms with Crippen molar-refractivity contribution >= 4 is 5.97 Å². The third-order valence-corrected chi connectivity index (χ3v) is 3.27. The van der Waals surface area contributed by atoms with Gasteiger partial charge in [-0.15, -0.1) is 0 Å². The summed E-state index contributed by atoms with van der Waals surface area (Å²) in [6.07, 6.45) is 8.46. The molecule has 0 unspecified atom stereocenters. The van der Waals surface area contributed by atoms with Crippen molar-refractivity contribution in [1.82, 2.24) is 0 Å². The van der Waals surface area contributed by atoms with Gasteiger partial charge in [-0.1, -0.05) is 13.5 Å². The summed E-state index contributed by atoms with van der Waals surface area (Å²) in [5.74, 6) is 0.528. The molecule has 1 aliphatic rings. The molecule has 0 radical (unpaired) electrons. The van der Waals surface area contributed by atoms with Gasteiger partial charge in [-0.25, -0.2) is 4.79 Å². The van der Waals surface area contributed by atoms with E-state index >= 15 is 0 Å². The van der Waals surface area contributed by atoms with Crippen LogP contribution in [0.3, 0.4) is 0 Å². The fourth-order valence-electron chi connectivity index (χ4n) is 2.08. The third kappa shape index (κ3) is 6.47. The molecule has 0 aromatic heterocycles. The van der Waals surface area contributed by atoms with Gasteiger partial charge in [0.25, 0.3) is 0 Å². The minimum atomic E-state index is -0.341. The lowest BCUT2D eigenvalue weighted by molar-refractivity contribution is -0.137. The predicted molar refractivity (Wildman–Crippen MR) is 67.8 cm³/mol. The summed E-state index contributed by atoms with van der Waals surface area (Å²) in [5, 5.41) is 0. The first-order valence-corrected chi connectivity index (χ1v) is 6.63. The largest absolute Gasteiger partial charge is 0.463 e. The molecule has 0 saturated heterocycles. The van der Waals surface area contributed by atoms with E-state index in [1.54, 1.807) is 0 Å². The highest BCUT2D eigenvalue weighted by Gasteiger charge is 2.17. The van der Waals surface area contributed by atoms with Crippen molar-refractivity contribution in [1.29, 1.82) is 0 Å². The van der Waals surface area contributed by atoms with Gasteiger partial charge in [0.1, 0.15) is 0 Å². The maximum absolute atomic E-state index is 10.8. The first-order chi connectivity index (χ1) is 8.22. The molecule has 1 fully saturated rings. The second-order valence-electron chi connectivity index (χ2n) is 4.83. The van der Waals surface area contributed by atoms with Gasteiger partial charge in [-0.3, -0.25) is 0 Å². The summed E-state index contributed by atoms with van der Waals surface area (Å²) in [5.41, 5.74) is 0. The number of ether oxygens (including phenoxy) is 2. The van der Waals surface area contributed by atoms with Crippen molar-refractivity contribution in [3.8, 4) is 0 Å². The fraction of sp³-hybridized carbons (Fsp3) is 0.786. The van der Waals surface area contributed by atoms with E-state index in [0.717, 1.165) is 25.4 Å².